The maximum absolute atomic E-state index is 12.3. The highest BCUT2D eigenvalue weighted by Gasteiger charge is 2.23. The van der Waals surface area contributed by atoms with Gasteiger partial charge in [-0.05, 0) is 55.8 Å². The number of carbonyl (C=O) groups is 3. The molecule has 0 fully saturated rings. The Bertz CT molecular complexity index is 932. The molecule has 27 heavy (non-hydrogen) atoms. The van der Waals surface area contributed by atoms with E-state index in [1.165, 1.54) is 11.8 Å². The number of nitrogens with one attached hydrogen (secondary N) is 3. The van der Waals surface area contributed by atoms with Crippen molar-refractivity contribution in [2.45, 2.75) is 24.0 Å². The molecule has 1 aliphatic heterocycles. The van der Waals surface area contributed by atoms with E-state index >= 15 is 0 Å². The molecule has 8 heteroatoms. The lowest BCUT2D eigenvalue weighted by Gasteiger charge is -2.21. The zero-order valence-electron chi connectivity index (χ0n) is 14.8. The molecular formula is C19H18BrN3O3S. The molecule has 2 aromatic carbocycles. The number of benzene rings is 2. The van der Waals surface area contributed by atoms with Crippen LogP contribution in [-0.4, -0.2) is 29.5 Å². The normalized spacial score (nSPS) is 15.5. The molecule has 0 bridgehead atoms. The first-order valence-electron chi connectivity index (χ1n) is 8.29. The van der Waals surface area contributed by atoms with Gasteiger partial charge in [-0.15, -0.1) is 11.8 Å². The summed E-state index contributed by atoms with van der Waals surface area (Å²) < 4.78 is 0.929. The molecule has 1 atom stereocenters. The third-order valence-corrected chi connectivity index (χ3v) is 5.72. The van der Waals surface area contributed by atoms with Crippen LogP contribution in [0.5, 0.6) is 0 Å². The predicted molar refractivity (Wildman–Crippen MR) is 110 cm³/mol. The number of anilines is 2. The van der Waals surface area contributed by atoms with E-state index in [4.69, 9.17) is 0 Å². The van der Waals surface area contributed by atoms with Crippen LogP contribution in [0, 0.1) is 6.92 Å². The number of fused-ring (bicyclic) bond motifs is 1. The first-order valence-corrected chi connectivity index (χ1v) is 9.96. The van der Waals surface area contributed by atoms with Gasteiger partial charge < -0.3 is 16.0 Å². The van der Waals surface area contributed by atoms with Gasteiger partial charge in [0.15, 0.2) is 0 Å². The van der Waals surface area contributed by atoms with Crippen LogP contribution in [0.4, 0.5) is 11.4 Å². The molecule has 0 spiro atoms. The van der Waals surface area contributed by atoms with Crippen molar-refractivity contribution in [2.75, 3.05) is 17.2 Å². The minimum absolute atomic E-state index is 0.0886. The first-order chi connectivity index (χ1) is 12.8. The Balaban J connectivity index is 1.60. The number of rotatable bonds is 4. The van der Waals surface area contributed by atoms with E-state index in [-0.39, 0.29) is 29.5 Å². The van der Waals surface area contributed by atoms with Crippen molar-refractivity contribution in [3.63, 3.8) is 0 Å². The Labute approximate surface area is 169 Å². The van der Waals surface area contributed by atoms with Gasteiger partial charge in [0.05, 0.1) is 17.5 Å². The van der Waals surface area contributed by atoms with Crippen LogP contribution in [0.3, 0.4) is 0 Å². The molecule has 0 aliphatic carbocycles. The van der Waals surface area contributed by atoms with Crippen LogP contribution in [0.25, 0.3) is 0 Å². The minimum Gasteiger partial charge on any atom is -0.343 e. The van der Waals surface area contributed by atoms with E-state index in [0.717, 1.165) is 14.9 Å². The van der Waals surface area contributed by atoms with Gasteiger partial charge in [0, 0.05) is 20.6 Å². The van der Waals surface area contributed by atoms with Crippen molar-refractivity contribution >= 4 is 56.8 Å². The number of aryl methyl sites for hydroxylation is 1. The van der Waals surface area contributed by atoms with Crippen molar-refractivity contribution < 1.29 is 14.4 Å². The summed E-state index contributed by atoms with van der Waals surface area (Å²) in [6.07, 6.45) is 0. The molecule has 0 saturated heterocycles. The van der Waals surface area contributed by atoms with Crippen molar-refractivity contribution in [3.05, 3.63) is 52.0 Å². The first kappa shape index (κ1) is 19.4. The lowest BCUT2D eigenvalue weighted by atomic mass is 10.1. The number of amides is 3. The van der Waals surface area contributed by atoms with Gasteiger partial charge in [-0.25, -0.2) is 0 Å². The topological polar surface area (TPSA) is 87.3 Å². The highest BCUT2D eigenvalue weighted by molar-refractivity contribution is 9.10. The smallest absolute Gasteiger partial charge is 0.251 e. The Morgan fingerprint density at radius 3 is 2.74 bits per heavy atom. The maximum Gasteiger partial charge on any atom is 0.251 e. The molecular weight excluding hydrogens is 430 g/mol. The van der Waals surface area contributed by atoms with E-state index in [2.05, 4.69) is 31.9 Å². The summed E-state index contributed by atoms with van der Waals surface area (Å²) in [5.41, 5.74) is 2.61. The zero-order valence-corrected chi connectivity index (χ0v) is 17.2. The number of hydrogen-bond acceptors (Lipinski definition) is 4. The molecule has 0 aromatic heterocycles. The number of thioether (sulfide) groups is 1. The van der Waals surface area contributed by atoms with Gasteiger partial charge >= 0.3 is 0 Å². The predicted octanol–water partition coefficient (Wildman–Crippen LogP) is 3.56. The minimum atomic E-state index is -0.377. The van der Waals surface area contributed by atoms with Crippen LogP contribution in [-0.2, 0) is 9.59 Å². The lowest BCUT2D eigenvalue weighted by molar-refractivity contribution is -0.116. The molecule has 1 heterocycles. The highest BCUT2D eigenvalue weighted by Crippen LogP contribution is 2.35. The Kier molecular flexibility index (Phi) is 5.86. The average Bonchev–Trinajstić information content (AvgIpc) is 2.62. The summed E-state index contributed by atoms with van der Waals surface area (Å²) >= 11 is 4.82. The second kappa shape index (κ2) is 8.14. The fourth-order valence-corrected chi connectivity index (χ4v) is 3.98. The highest BCUT2D eigenvalue weighted by atomic mass is 79.9. The summed E-state index contributed by atoms with van der Waals surface area (Å²) in [7, 11) is 0. The summed E-state index contributed by atoms with van der Waals surface area (Å²) in [5, 5.41) is 7.99. The largest absolute Gasteiger partial charge is 0.343 e. The van der Waals surface area contributed by atoms with E-state index in [0.29, 0.717) is 16.9 Å². The van der Waals surface area contributed by atoms with Gasteiger partial charge in [0.1, 0.15) is 0 Å². The summed E-state index contributed by atoms with van der Waals surface area (Å²) in [6.45, 7) is 3.57. The fraction of sp³-hybridized carbons (Fsp3) is 0.211. The van der Waals surface area contributed by atoms with Crippen LogP contribution in [0.2, 0.25) is 0 Å². The van der Waals surface area contributed by atoms with Crippen LogP contribution < -0.4 is 16.0 Å². The van der Waals surface area contributed by atoms with Crippen molar-refractivity contribution in [2.24, 2.45) is 0 Å². The SMILES string of the molecule is Cc1cc(Br)ccc1NC(=O)CNC(=O)c1ccc2c(c1)NC(=O)C(C)S2. The standard InChI is InChI=1S/C19H18BrN3O3S/c1-10-7-13(20)4-5-14(10)22-17(24)9-21-19(26)12-3-6-16-15(8-12)23-18(25)11(2)27-16/h3-8,11H,9H2,1-2H3,(H,21,26)(H,22,24)(H,23,25). The molecule has 3 rings (SSSR count). The monoisotopic (exact) mass is 447 g/mol. The second-order valence-electron chi connectivity index (χ2n) is 6.15. The fourth-order valence-electron chi connectivity index (χ4n) is 2.57. The molecule has 0 radical (unpaired) electrons. The summed E-state index contributed by atoms with van der Waals surface area (Å²) in [5.74, 6) is -0.780. The van der Waals surface area contributed by atoms with Gasteiger partial charge in [-0.1, -0.05) is 15.9 Å². The molecule has 1 aliphatic rings. The van der Waals surface area contributed by atoms with E-state index in [9.17, 15) is 14.4 Å². The quantitative estimate of drug-likeness (QED) is 0.668. The van der Waals surface area contributed by atoms with E-state index in [1.807, 2.05) is 26.0 Å². The average molecular weight is 448 g/mol. The molecule has 3 N–H and O–H groups in total. The molecule has 140 valence electrons. The molecule has 0 saturated carbocycles. The zero-order chi connectivity index (χ0) is 19.6. The van der Waals surface area contributed by atoms with Crippen molar-refractivity contribution in [1.82, 2.24) is 5.32 Å². The van der Waals surface area contributed by atoms with Crippen LogP contribution >= 0.6 is 27.7 Å². The summed E-state index contributed by atoms with van der Waals surface area (Å²) in [4.78, 5) is 37.1. The second-order valence-corrected chi connectivity index (χ2v) is 8.45. The molecule has 6 nitrogen and oxygen atoms in total. The van der Waals surface area contributed by atoms with E-state index < -0.39 is 0 Å². The van der Waals surface area contributed by atoms with Crippen LogP contribution in [0.1, 0.15) is 22.8 Å². The Hall–Kier alpha value is -2.32. The Morgan fingerprint density at radius 2 is 2.00 bits per heavy atom. The molecule has 3 amide bonds. The lowest BCUT2D eigenvalue weighted by Crippen LogP contribution is -2.33. The number of hydrogen-bond donors (Lipinski definition) is 3. The number of carbonyl (C=O) groups excluding carboxylic acids is 3. The maximum atomic E-state index is 12.3. The van der Waals surface area contributed by atoms with Gasteiger partial charge in [-0.2, -0.15) is 0 Å². The van der Waals surface area contributed by atoms with Crippen molar-refractivity contribution in [3.8, 4) is 0 Å². The number of halogens is 1. The van der Waals surface area contributed by atoms with Gasteiger partial charge in [0.2, 0.25) is 11.8 Å². The van der Waals surface area contributed by atoms with Crippen LogP contribution in [0.15, 0.2) is 45.8 Å². The molecule has 1 unspecified atom stereocenters. The third kappa shape index (κ3) is 4.70. The Morgan fingerprint density at radius 1 is 1.22 bits per heavy atom. The third-order valence-electron chi connectivity index (χ3n) is 4.04. The van der Waals surface area contributed by atoms with Gasteiger partial charge in [-0.3, -0.25) is 14.4 Å². The molecule has 2 aromatic rings. The van der Waals surface area contributed by atoms with Gasteiger partial charge in [0.25, 0.3) is 5.91 Å². The van der Waals surface area contributed by atoms with E-state index in [1.54, 1.807) is 24.3 Å². The van der Waals surface area contributed by atoms with Crippen molar-refractivity contribution in [1.29, 1.82) is 0 Å². The summed E-state index contributed by atoms with van der Waals surface area (Å²) in [6, 6.07) is 10.6.